The van der Waals surface area contributed by atoms with E-state index in [0.29, 0.717) is 0 Å². The number of esters is 1. The van der Waals surface area contributed by atoms with E-state index < -0.39 is 36.4 Å². The van der Waals surface area contributed by atoms with Gasteiger partial charge in [0.1, 0.15) is 12.1 Å². The lowest BCUT2D eigenvalue weighted by molar-refractivity contribution is -0.145. The van der Waals surface area contributed by atoms with Gasteiger partial charge in [-0.05, 0) is 6.92 Å². The van der Waals surface area contributed by atoms with Crippen molar-refractivity contribution >= 4 is 24.3 Å². The number of carboxylic acids is 1. The Labute approximate surface area is 97.3 Å². The Morgan fingerprint density at radius 1 is 1.41 bits per heavy atom. The van der Waals surface area contributed by atoms with Crippen molar-refractivity contribution in [2.24, 2.45) is 0 Å². The van der Waals surface area contributed by atoms with Crippen LogP contribution in [0.1, 0.15) is 13.3 Å². The minimum absolute atomic E-state index is 0.218. The van der Waals surface area contributed by atoms with Crippen LogP contribution in [-0.4, -0.2) is 48.6 Å². The summed E-state index contributed by atoms with van der Waals surface area (Å²) in [5.74, 6) is -2.68. The van der Waals surface area contributed by atoms with Crippen molar-refractivity contribution in [1.82, 2.24) is 10.6 Å². The normalized spacial score (nSPS) is 13.1. The van der Waals surface area contributed by atoms with Crippen LogP contribution < -0.4 is 10.6 Å². The number of carbonyl (C=O) groups excluding carboxylic acids is 3. The lowest BCUT2D eigenvalue weighted by Gasteiger charge is -2.17. The molecule has 2 atom stereocenters. The van der Waals surface area contributed by atoms with Crippen LogP contribution in [0.3, 0.4) is 0 Å². The molecule has 0 heterocycles. The Bertz CT molecular complexity index is 317. The van der Waals surface area contributed by atoms with Crippen molar-refractivity contribution in [2.75, 3.05) is 7.11 Å². The summed E-state index contributed by atoms with van der Waals surface area (Å²) in [7, 11) is 1.16. The van der Waals surface area contributed by atoms with Gasteiger partial charge in [-0.25, -0.2) is 4.79 Å². The number of hydrogen-bond donors (Lipinski definition) is 3. The molecule has 0 aliphatic rings. The molecule has 0 radical (unpaired) electrons. The summed E-state index contributed by atoms with van der Waals surface area (Å²) < 4.78 is 4.37. The first-order valence-electron chi connectivity index (χ1n) is 4.72. The second-order valence-corrected chi connectivity index (χ2v) is 3.19. The molecule has 96 valence electrons. The SMILES string of the molecule is COC(=O)[C@H](C)NC(=O)[C@H](CC(=O)O)NC=O. The molecule has 2 amide bonds. The van der Waals surface area contributed by atoms with Gasteiger partial charge in [-0.3, -0.25) is 14.4 Å². The lowest BCUT2D eigenvalue weighted by Crippen LogP contribution is -2.49. The molecule has 3 N–H and O–H groups in total. The van der Waals surface area contributed by atoms with E-state index in [0.717, 1.165) is 7.11 Å². The summed E-state index contributed by atoms with van der Waals surface area (Å²) >= 11 is 0. The molecule has 0 saturated carbocycles. The number of carboxylic acid groups (broad SMARTS) is 1. The monoisotopic (exact) mass is 246 g/mol. The van der Waals surface area contributed by atoms with Crippen LogP contribution >= 0.6 is 0 Å². The predicted octanol–water partition coefficient (Wildman–Crippen LogP) is -1.75. The van der Waals surface area contributed by atoms with Crippen LogP contribution in [0.5, 0.6) is 0 Å². The lowest BCUT2D eigenvalue weighted by atomic mass is 10.2. The van der Waals surface area contributed by atoms with Crippen LogP contribution in [0.2, 0.25) is 0 Å². The van der Waals surface area contributed by atoms with E-state index in [9.17, 15) is 19.2 Å². The minimum atomic E-state index is -1.25. The summed E-state index contributed by atoms with van der Waals surface area (Å²) in [4.78, 5) is 43.1. The van der Waals surface area contributed by atoms with Crippen LogP contribution in [-0.2, 0) is 23.9 Å². The highest BCUT2D eigenvalue weighted by Gasteiger charge is 2.24. The Morgan fingerprint density at radius 3 is 2.41 bits per heavy atom. The van der Waals surface area contributed by atoms with Gasteiger partial charge in [0.25, 0.3) is 0 Å². The van der Waals surface area contributed by atoms with E-state index in [-0.39, 0.29) is 6.41 Å². The third-order valence-electron chi connectivity index (χ3n) is 1.88. The number of rotatable bonds is 7. The van der Waals surface area contributed by atoms with Crippen molar-refractivity contribution < 1.29 is 29.0 Å². The van der Waals surface area contributed by atoms with Crippen LogP contribution in [0.25, 0.3) is 0 Å². The smallest absolute Gasteiger partial charge is 0.328 e. The van der Waals surface area contributed by atoms with Crippen molar-refractivity contribution in [2.45, 2.75) is 25.4 Å². The average molecular weight is 246 g/mol. The fraction of sp³-hybridized carbons (Fsp3) is 0.556. The summed E-state index contributed by atoms with van der Waals surface area (Å²) in [6.45, 7) is 1.38. The van der Waals surface area contributed by atoms with Gasteiger partial charge in [-0.15, -0.1) is 0 Å². The van der Waals surface area contributed by atoms with Crippen LogP contribution in [0.15, 0.2) is 0 Å². The van der Waals surface area contributed by atoms with E-state index in [1.54, 1.807) is 0 Å². The first-order valence-corrected chi connectivity index (χ1v) is 4.72. The number of carbonyl (C=O) groups is 4. The summed E-state index contributed by atoms with van der Waals surface area (Å²) in [5, 5.41) is 12.8. The van der Waals surface area contributed by atoms with Gasteiger partial charge in [0, 0.05) is 0 Å². The molecule has 0 aromatic carbocycles. The van der Waals surface area contributed by atoms with Crippen LogP contribution in [0, 0.1) is 0 Å². The molecule has 8 nitrogen and oxygen atoms in total. The largest absolute Gasteiger partial charge is 0.481 e. The molecule has 0 aliphatic carbocycles. The maximum atomic E-state index is 11.5. The second-order valence-electron chi connectivity index (χ2n) is 3.19. The first kappa shape index (κ1) is 14.9. The maximum absolute atomic E-state index is 11.5. The topological polar surface area (TPSA) is 122 Å². The van der Waals surface area contributed by atoms with E-state index >= 15 is 0 Å². The minimum Gasteiger partial charge on any atom is -0.481 e. The third-order valence-corrected chi connectivity index (χ3v) is 1.88. The maximum Gasteiger partial charge on any atom is 0.328 e. The number of hydrogen-bond acceptors (Lipinski definition) is 5. The van der Waals surface area contributed by atoms with Gasteiger partial charge < -0.3 is 20.5 Å². The number of methoxy groups -OCH3 is 1. The van der Waals surface area contributed by atoms with Crippen LogP contribution in [0.4, 0.5) is 0 Å². The Hall–Kier alpha value is -2.12. The fourth-order valence-corrected chi connectivity index (χ4v) is 1.03. The van der Waals surface area contributed by atoms with Crippen molar-refractivity contribution in [3.63, 3.8) is 0 Å². The van der Waals surface area contributed by atoms with Gasteiger partial charge in [0.2, 0.25) is 12.3 Å². The highest BCUT2D eigenvalue weighted by atomic mass is 16.5. The van der Waals surface area contributed by atoms with Crippen molar-refractivity contribution in [3.05, 3.63) is 0 Å². The molecule has 0 fully saturated rings. The Kier molecular flexibility index (Phi) is 6.30. The average Bonchev–Trinajstić information content (AvgIpc) is 2.26. The molecular formula is C9H14N2O6. The molecule has 0 aromatic rings. The summed E-state index contributed by atoms with van der Waals surface area (Å²) in [6, 6.07) is -2.14. The quantitative estimate of drug-likeness (QED) is 0.362. The zero-order valence-electron chi connectivity index (χ0n) is 9.43. The first-order chi connectivity index (χ1) is 7.92. The molecule has 0 saturated heterocycles. The number of ether oxygens (including phenoxy) is 1. The van der Waals surface area contributed by atoms with Gasteiger partial charge in [-0.2, -0.15) is 0 Å². The molecule has 17 heavy (non-hydrogen) atoms. The third kappa shape index (κ3) is 5.50. The Balaban J connectivity index is 4.46. The van der Waals surface area contributed by atoms with Crippen molar-refractivity contribution in [1.29, 1.82) is 0 Å². The van der Waals surface area contributed by atoms with E-state index in [1.807, 2.05) is 0 Å². The molecule has 0 bridgehead atoms. The Morgan fingerprint density at radius 2 is 2.00 bits per heavy atom. The zero-order valence-corrected chi connectivity index (χ0v) is 9.43. The predicted molar refractivity (Wildman–Crippen MR) is 54.9 cm³/mol. The van der Waals surface area contributed by atoms with E-state index in [1.165, 1.54) is 6.92 Å². The van der Waals surface area contributed by atoms with Gasteiger partial charge in [0.15, 0.2) is 0 Å². The van der Waals surface area contributed by atoms with Crippen molar-refractivity contribution in [3.8, 4) is 0 Å². The molecule has 0 rings (SSSR count). The molecule has 8 heteroatoms. The number of aliphatic carboxylic acids is 1. The standard InChI is InChI=1S/C9H14N2O6/c1-5(9(16)17-2)11-8(15)6(10-4-12)3-7(13)14/h4-6H,3H2,1-2H3,(H,10,12)(H,11,15)(H,13,14)/t5-,6-/m0/s1. The fourth-order valence-electron chi connectivity index (χ4n) is 1.03. The number of nitrogens with one attached hydrogen (secondary N) is 2. The summed E-state index contributed by atoms with van der Waals surface area (Å²) in [6.07, 6.45) is -0.353. The van der Waals surface area contributed by atoms with Gasteiger partial charge in [-0.1, -0.05) is 0 Å². The van der Waals surface area contributed by atoms with E-state index in [4.69, 9.17) is 5.11 Å². The second kappa shape index (κ2) is 7.20. The highest BCUT2D eigenvalue weighted by molar-refractivity contribution is 5.90. The molecule has 0 aromatic heterocycles. The zero-order chi connectivity index (χ0) is 13.4. The molecule has 0 unspecified atom stereocenters. The molecular weight excluding hydrogens is 232 g/mol. The molecule has 0 aliphatic heterocycles. The highest BCUT2D eigenvalue weighted by Crippen LogP contribution is 1.94. The summed E-state index contributed by atoms with van der Waals surface area (Å²) in [5.41, 5.74) is 0. The van der Waals surface area contributed by atoms with Gasteiger partial charge in [0.05, 0.1) is 13.5 Å². The van der Waals surface area contributed by atoms with E-state index in [2.05, 4.69) is 15.4 Å². The van der Waals surface area contributed by atoms with Gasteiger partial charge >= 0.3 is 11.9 Å². The number of amides is 2. The molecule has 0 spiro atoms.